The number of rotatable bonds is 9. The molecule has 327 valence electrons. The Kier molecular flexibility index (Phi) is 13.7. The van der Waals surface area contributed by atoms with Gasteiger partial charge >= 0.3 is 0 Å². The van der Waals surface area contributed by atoms with E-state index >= 15 is 0 Å². The zero-order valence-electron chi connectivity index (χ0n) is 38.4. The molecule has 0 aliphatic heterocycles. The number of thiophene rings is 1. The second-order valence-corrected chi connectivity index (χ2v) is 25.1. The van der Waals surface area contributed by atoms with Crippen LogP contribution in [0, 0.1) is 25.0 Å². The van der Waals surface area contributed by atoms with Gasteiger partial charge in [-0.3, -0.25) is 4.98 Å². The van der Waals surface area contributed by atoms with Crippen LogP contribution in [0.15, 0.2) is 128 Å². The summed E-state index contributed by atoms with van der Waals surface area (Å²) in [5.74, 6) is 2.44. The molecule has 0 atom stereocenters. The third-order valence-electron chi connectivity index (χ3n) is 12.7. The Hall–Kier alpha value is -5.04. The minimum atomic E-state index is -1.35. The molecule has 1 aliphatic carbocycles. The summed E-state index contributed by atoms with van der Waals surface area (Å²) in [6.07, 6.45) is 9.03. The van der Waals surface area contributed by atoms with Gasteiger partial charge in [0.05, 0.1) is 24.9 Å². The normalized spacial score (nSPS) is 13.2. The van der Waals surface area contributed by atoms with E-state index < -0.39 is 8.07 Å². The van der Waals surface area contributed by atoms with Crippen LogP contribution in [0.2, 0.25) is 19.6 Å². The Morgan fingerprint density at radius 2 is 1.44 bits per heavy atom. The van der Waals surface area contributed by atoms with Crippen LogP contribution in [0.1, 0.15) is 87.6 Å². The van der Waals surface area contributed by atoms with E-state index in [1.807, 2.05) is 18.2 Å². The van der Waals surface area contributed by atoms with Gasteiger partial charge in [-0.1, -0.05) is 144 Å². The smallest absolute Gasteiger partial charge is 0.113 e. The summed E-state index contributed by atoms with van der Waals surface area (Å²) >= 11 is 1.74. The summed E-state index contributed by atoms with van der Waals surface area (Å²) in [7, 11) is -1.35. The number of aryl methyl sites for hydroxylation is 1. The van der Waals surface area contributed by atoms with Gasteiger partial charge in [0.25, 0.3) is 0 Å². The summed E-state index contributed by atoms with van der Waals surface area (Å²) < 4.78 is 3.58. The van der Waals surface area contributed by atoms with E-state index in [1.165, 1.54) is 75.5 Å². The first-order valence-corrected chi connectivity index (χ1v) is 27.1. The molecule has 7 heteroatoms. The average Bonchev–Trinajstić information content (AvgIpc) is 4.04. The maximum atomic E-state index is 5.30. The number of aromatic nitrogens is 4. The van der Waals surface area contributed by atoms with Crippen molar-refractivity contribution < 1.29 is 20.1 Å². The summed E-state index contributed by atoms with van der Waals surface area (Å²) in [6.45, 7) is 18.5. The third kappa shape index (κ3) is 9.24. The number of hydrogen-bond donors (Lipinski definition) is 0. The Bertz CT molecular complexity index is 3020. The van der Waals surface area contributed by atoms with Crippen molar-refractivity contribution in [3.63, 3.8) is 0 Å². The van der Waals surface area contributed by atoms with E-state index in [2.05, 4.69) is 180 Å². The molecule has 5 aromatic carbocycles. The molecule has 1 fully saturated rings. The molecule has 4 heterocycles. The summed E-state index contributed by atoms with van der Waals surface area (Å²) in [5.41, 5.74) is 14.3. The SMILES string of the molecule is C[Si](C)(C)c1cnc(-c2[c-]cccc2)cc1CC1CCCC1.Cc1ccc2c(n1)sc1c(-c3nc4ccccc4n3-c3c(C(C)C)cc(-c4ccccc4)cc3C(C)C)[c-]ccc12.[Ir]. The van der Waals surface area contributed by atoms with Gasteiger partial charge in [-0.2, -0.15) is 11.3 Å². The first kappa shape index (κ1) is 45.5. The van der Waals surface area contributed by atoms with Crippen molar-refractivity contribution in [2.24, 2.45) is 5.92 Å². The van der Waals surface area contributed by atoms with Crippen LogP contribution in [0.4, 0.5) is 0 Å². The number of para-hydroxylation sites is 2. The first-order chi connectivity index (χ1) is 30.4. The third-order valence-corrected chi connectivity index (χ3v) is 15.9. The van der Waals surface area contributed by atoms with Crippen LogP contribution in [0.5, 0.6) is 0 Å². The Morgan fingerprint density at radius 3 is 2.12 bits per heavy atom. The summed E-state index contributed by atoms with van der Waals surface area (Å²) in [5, 5.41) is 3.93. The van der Waals surface area contributed by atoms with Gasteiger partial charge in [-0.15, -0.1) is 54.1 Å². The maximum Gasteiger partial charge on any atom is 0.113 e. The monoisotopic (exact) mass is 1050 g/mol. The van der Waals surface area contributed by atoms with E-state index in [0.717, 1.165) is 50.1 Å². The minimum absolute atomic E-state index is 0. The second kappa shape index (κ2) is 19.2. The molecule has 9 aromatic rings. The van der Waals surface area contributed by atoms with E-state index in [4.69, 9.17) is 15.0 Å². The molecule has 0 N–H and O–H groups in total. The van der Waals surface area contributed by atoms with Crippen LogP contribution in [-0.4, -0.2) is 27.6 Å². The predicted octanol–water partition coefficient (Wildman–Crippen LogP) is 15.3. The van der Waals surface area contributed by atoms with E-state index in [9.17, 15) is 0 Å². The van der Waals surface area contributed by atoms with E-state index in [1.54, 1.807) is 22.1 Å². The molecule has 0 saturated heterocycles. The number of pyridine rings is 2. The molecule has 0 unspecified atom stereocenters. The minimum Gasteiger partial charge on any atom is -0.333 e. The van der Waals surface area contributed by atoms with Gasteiger partial charge < -0.3 is 9.55 Å². The zero-order valence-corrected chi connectivity index (χ0v) is 42.6. The number of hydrogen-bond acceptors (Lipinski definition) is 4. The molecule has 0 spiro atoms. The van der Waals surface area contributed by atoms with E-state index in [-0.39, 0.29) is 20.1 Å². The van der Waals surface area contributed by atoms with Crippen molar-refractivity contribution in [3.8, 4) is 39.5 Å². The number of benzene rings is 5. The van der Waals surface area contributed by atoms with Crippen LogP contribution in [-0.2, 0) is 26.5 Å². The molecule has 4 aromatic heterocycles. The van der Waals surface area contributed by atoms with Gasteiger partial charge in [0.15, 0.2) is 0 Å². The second-order valence-electron chi connectivity index (χ2n) is 19.0. The van der Waals surface area contributed by atoms with Crippen molar-refractivity contribution in [2.75, 3.05) is 0 Å². The standard InChI is InChI=1S/C37H32N3S.C20H26NSi.Ir/c1-22(2)30-20-26(25-12-7-6-8-13-25)21-31(23(3)4)34(30)40-33-17-10-9-16-32(33)39-36(40)29-15-11-14-27-28-19-18-24(5)38-37(28)41-35(27)29;1-22(2,3)20-15-21-19(17-11-5-4-6-12-17)14-18(20)13-16-9-7-8-10-16;/h6-14,16-23H,1-5H3;4-6,11,14-16H,7-10,13H2,1-3H3;/q2*-1;. The maximum absolute atomic E-state index is 5.30. The fourth-order valence-corrected chi connectivity index (χ4v) is 12.3. The molecule has 0 amide bonds. The average molecular weight is 1050 g/mol. The van der Waals surface area contributed by atoms with E-state index in [0.29, 0.717) is 11.8 Å². The molecular weight excluding hydrogens is 993 g/mol. The van der Waals surface area contributed by atoms with Crippen molar-refractivity contribution in [1.29, 1.82) is 0 Å². The molecule has 1 aliphatic rings. The van der Waals surface area contributed by atoms with Crippen LogP contribution in [0.3, 0.4) is 0 Å². The zero-order chi connectivity index (χ0) is 43.8. The van der Waals surface area contributed by atoms with Gasteiger partial charge in [0, 0.05) is 37.7 Å². The quantitative estimate of drug-likeness (QED) is 0.107. The number of imidazole rings is 1. The van der Waals surface area contributed by atoms with Crippen molar-refractivity contribution in [3.05, 3.63) is 162 Å². The first-order valence-electron chi connectivity index (χ1n) is 22.8. The van der Waals surface area contributed by atoms with Crippen molar-refractivity contribution in [1.82, 2.24) is 19.5 Å². The van der Waals surface area contributed by atoms with Gasteiger partial charge in [0.1, 0.15) is 4.83 Å². The van der Waals surface area contributed by atoms with Crippen LogP contribution in [0.25, 0.3) is 70.8 Å². The van der Waals surface area contributed by atoms with Gasteiger partial charge in [-0.05, 0) is 105 Å². The van der Waals surface area contributed by atoms with Gasteiger partial charge in [0.2, 0.25) is 0 Å². The van der Waals surface area contributed by atoms with Crippen LogP contribution < -0.4 is 5.19 Å². The van der Waals surface area contributed by atoms with Crippen molar-refractivity contribution in [2.45, 2.75) is 98.2 Å². The predicted molar refractivity (Wildman–Crippen MR) is 272 cm³/mol. The molecule has 0 bridgehead atoms. The number of nitrogens with zero attached hydrogens (tertiary/aromatic N) is 4. The summed E-state index contributed by atoms with van der Waals surface area (Å²) in [4.78, 5) is 16.0. The fourth-order valence-electron chi connectivity index (χ4n) is 9.48. The molecular formula is C57H58IrN4SSi-2. The topological polar surface area (TPSA) is 43.6 Å². The Labute approximate surface area is 398 Å². The largest absolute Gasteiger partial charge is 0.333 e. The molecule has 1 radical (unpaired) electrons. The molecule has 1 saturated carbocycles. The molecule has 64 heavy (non-hydrogen) atoms. The molecule has 10 rings (SSSR count). The van der Waals surface area contributed by atoms with Gasteiger partial charge in [-0.25, -0.2) is 4.98 Å². The van der Waals surface area contributed by atoms with Crippen LogP contribution >= 0.6 is 11.3 Å². The fraction of sp³-hybridized carbons (Fsp3) is 0.281. The molecule has 4 nitrogen and oxygen atoms in total. The summed E-state index contributed by atoms with van der Waals surface area (Å²) in [6, 6.07) is 49.9. The Morgan fingerprint density at radius 1 is 0.734 bits per heavy atom. The number of fused-ring (bicyclic) bond motifs is 4. The van der Waals surface area contributed by atoms with Crippen molar-refractivity contribution >= 4 is 55.9 Å². The Balaban J connectivity index is 0.000000206.